The van der Waals surface area contributed by atoms with E-state index >= 15 is 0 Å². The van der Waals surface area contributed by atoms with Gasteiger partial charge in [0.15, 0.2) is 5.60 Å². The number of carbonyl (C=O) groups excluding carboxylic acids is 1. The molecule has 1 atom stereocenters. The van der Waals surface area contributed by atoms with Gasteiger partial charge >= 0.3 is 16.4 Å². The summed E-state index contributed by atoms with van der Waals surface area (Å²) in [6, 6.07) is 0. The maximum absolute atomic E-state index is 11.5. The van der Waals surface area contributed by atoms with Crippen LogP contribution < -0.4 is 0 Å². The molecule has 0 aliphatic rings. The van der Waals surface area contributed by atoms with Crippen LogP contribution in [0.4, 0.5) is 0 Å². The van der Waals surface area contributed by atoms with Crippen LogP contribution in [-0.4, -0.2) is 41.4 Å². The Hall–Kier alpha value is -0.700. The molecule has 0 radical (unpaired) electrons. The Labute approximate surface area is 158 Å². The Morgan fingerprint density at radius 3 is 1.58 bits per heavy atom. The molecule has 156 valence electrons. The number of aliphatic hydroxyl groups is 2. The molecule has 1 unspecified atom stereocenters. The van der Waals surface area contributed by atoms with Gasteiger partial charge in [-0.3, -0.25) is 4.55 Å². The van der Waals surface area contributed by atoms with E-state index in [-0.39, 0.29) is 6.42 Å². The summed E-state index contributed by atoms with van der Waals surface area (Å²) >= 11 is 0. The molecule has 0 fully saturated rings. The van der Waals surface area contributed by atoms with Crippen LogP contribution >= 0.6 is 0 Å². The molecule has 0 aromatic heterocycles. The lowest BCUT2D eigenvalue weighted by atomic mass is 9.96. The topological polar surface area (TPSA) is 121 Å². The van der Waals surface area contributed by atoms with Crippen LogP contribution in [0.5, 0.6) is 0 Å². The maximum atomic E-state index is 11.5. The number of rotatable bonds is 17. The van der Waals surface area contributed by atoms with Crippen LogP contribution in [0.3, 0.4) is 0 Å². The average molecular weight is 397 g/mol. The number of unbranched alkanes of at least 4 members (excludes halogenated alkanes) is 12. The van der Waals surface area contributed by atoms with Crippen LogP contribution in [-0.2, 0) is 19.4 Å². The van der Waals surface area contributed by atoms with Gasteiger partial charge in [-0.15, -0.1) is 0 Å². The molecule has 0 aliphatic heterocycles. The molecule has 0 saturated carbocycles. The maximum Gasteiger partial charge on any atom is 0.449 e. The second-order valence-electron chi connectivity index (χ2n) is 6.98. The third kappa shape index (κ3) is 13.5. The van der Waals surface area contributed by atoms with E-state index in [0.29, 0.717) is 6.42 Å². The van der Waals surface area contributed by atoms with Gasteiger partial charge in [0.1, 0.15) is 0 Å². The molecule has 0 spiro atoms. The largest absolute Gasteiger partial charge is 0.449 e. The summed E-state index contributed by atoms with van der Waals surface area (Å²) < 4.78 is 33.2. The summed E-state index contributed by atoms with van der Waals surface area (Å²) in [4.78, 5) is 11.5. The lowest BCUT2D eigenvalue weighted by Crippen LogP contribution is -2.44. The zero-order valence-corrected chi connectivity index (χ0v) is 16.8. The van der Waals surface area contributed by atoms with Crippen LogP contribution in [0.15, 0.2) is 0 Å². The third-order valence-corrected chi connectivity index (χ3v) is 4.88. The minimum Gasteiger partial charge on any atom is -0.393 e. The molecule has 0 aromatic rings. The molecule has 0 heterocycles. The van der Waals surface area contributed by atoms with Crippen molar-refractivity contribution < 1.29 is 32.2 Å². The molecule has 7 nitrogen and oxygen atoms in total. The monoisotopic (exact) mass is 396 g/mol. The fourth-order valence-corrected chi connectivity index (χ4v) is 3.20. The second kappa shape index (κ2) is 14.4. The van der Waals surface area contributed by atoms with E-state index in [1.807, 2.05) is 0 Å². The van der Waals surface area contributed by atoms with Crippen LogP contribution in [0.2, 0.25) is 0 Å². The molecule has 0 amide bonds. The molecule has 0 aromatic carbocycles. The molecule has 0 rings (SSSR count). The summed E-state index contributed by atoms with van der Waals surface area (Å²) in [6.07, 6.45) is 14.7. The van der Waals surface area contributed by atoms with Crippen molar-refractivity contribution in [2.24, 2.45) is 0 Å². The van der Waals surface area contributed by atoms with Gasteiger partial charge in [0.2, 0.25) is 0 Å². The van der Waals surface area contributed by atoms with E-state index in [2.05, 4.69) is 11.1 Å². The molecular weight excluding hydrogens is 360 g/mol. The highest BCUT2D eigenvalue weighted by atomic mass is 32.3. The van der Waals surface area contributed by atoms with Crippen LogP contribution in [0.1, 0.15) is 96.8 Å². The summed E-state index contributed by atoms with van der Waals surface area (Å²) in [5, 5.41) is 19.0. The molecule has 0 bridgehead atoms. The van der Waals surface area contributed by atoms with E-state index in [0.717, 1.165) is 25.7 Å². The van der Waals surface area contributed by atoms with Crippen molar-refractivity contribution in [1.29, 1.82) is 0 Å². The number of hydrogen-bond donors (Lipinski definition) is 3. The van der Waals surface area contributed by atoms with Gasteiger partial charge < -0.3 is 14.4 Å². The predicted octanol–water partition coefficient (Wildman–Crippen LogP) is 3.54. The smallest absolute Gasteiger partial charge is 0.393 e. The highest BCUT2D eigenvalue weighted by Gasteiger charge is 2.39. The van der Waals surface area contributed by atoms with E-state index in [4.69, 9.17) is 9.66 Å². The molecule has 0 aliphatic carbocycles. The standard InChI is InChI=1S/C18H36O7S/c1-2-3-4-5-6-7-8-9-10-11-12-13-14-15-18(21,16-19)17(20)25-26(22,23)24/h19,21H,2-16H2,1H3,(H,22,23,24). The van der Waals surface area contributed by atoms with E-state index in [1.54, 1.807) is 0 Å². The Kier molecular flexibility index (Phi) is 14.0. The highest BCUT2D eigenvalue weighted by molar-refractivity contribution is 7.81. The van der Waals surface area contributed by atoms with Gasteiger partial charge in [-0.1, -0.05) is 84.0 Å². The lowest BCUT2D eigenvalue weighted by Gasteiger charge is -2.22. The van der Waals surface area contributed by atoms with Crippen molar-refractivity contribution in [3.05, 3.63) is 0 Å². The Morgan fingerprint density at radius 2 is 1.23 bits per heavy atom. The van der Waals surface area contributed by atoms with Crippen molar-refractivity contribution in [2.45, 2.75) is 102 Å². The summed E-state index contributed by atoms with van der Waals surface area (Å²) in [7, 11) is -4.99. The first kappa shape index (κ1) is 25.3. The summed E-state index contributed by atoms with van der Waals surface area (Å²) in [5.41, 5.74) is -2.30. The molecular formula is C18H36O7S. The van der Waals surface area contributed by atoms with Crippen LogP contribution in [0.25, 0.3) is 0 Å². The quantitative estimate of drug-likeness (QED) is 0.254. The van der Waals surface area contributed by atoms with Crippen molar-refractivity contribution >= 4 is 16.4 Å². The molecule has 3 N–H and O–H groups in total. The van der Waals surface area contributed by atoms with E-state index in [1.165, 1.54) is 51.4 Å². The Morgan fingerprint density at radius 1 is 0.846 bits per heavy atom. The fourth-order valence-electron chi connectivity index (χ4n) is 2.85. The van der Waals surface area contributed by atoms with Gasteiger partial charge in [0.25, 0.3) is 0 Å². The molecule has 0 saturated heterocycles. The molecule has 8 heteroatoms. The van der Waals surface area contributed by atoms with Crippen LogP contribution in [0, 0.1) is 0 Å². The Balaban J connectivity index is 3.67. The van der Waals surface area contributed by atoms with Crippen molar-refractivity contribution in [3.8, 4) is 0 Å². The SMILES string of the molecule is CCCCCCCCCCCCCCCC(O)(CO)C(=O)OS(=O)(=O)O. The van der Waals surface area contributed by atoms with Crippen molar-refractivity contribution in [3.63, 3.8) is 0 Å². The summed E-state index contributed by atoms with van der Waals surface area (Å²) in [6.45, 7) is 1.26. The van der Waals surface area contributed by atoms with Gasteiger partial charge in [0.05, 0.1) is 6.61 Å². The Bertz CT molecular complexity index is 464. The van der Waals surface area contributed by atoms with Gasteiger partial charge in [-0.25, -0.2) is 4.79 Å². The number of carbonyl (C=O) groups is 1. The fraction of sp³-hybridized carbons (Fsp3) is 0.944. The zero-order valence-electron chi connectivity index (χ0n) is 16.0. The average Bonchev–Trinajstić information content (AvgIpc) is 2.57. The highest BCUT2D eigenvalue weighted by Crippen LogP contribution is 2.19. The second-order valence-corrected chi connectivity index (χ2v) is 8.00. The first-order chi connectivity index (χ1) is 12.2. The van der Waals surface area contributed by atoms with Gasteiger partial charge in [-0.2, -0.15) is 8.42 Å². The molecule has 26 heavy (non-hydrogen) atoms. The number of aliphatic hydroxyl groups excluding tert-OH is 1. The van der Waals surface area contributed by atoms with Crippen molar-refractivity contribution in [1.82, 2.24) is 0 Å². The van der Waals surface area contributed by atoms with E-state index in [9.17, 15) is 18.3 Å². The minimum absolute atomic E-state index is 0.115. The summed E-state index contributed by atoms with van der Waals surface area (Å²) in [5.74, 6) is -1.55. The first-order valence-electron chi connectivity index (χ1n) is 9.79. The zero-order chi connectivity index (χ0) is 19.9. The predicted molar refractivity (Wildman–Crippen MR) is 100.0 cm³/mol. The normalized spacial score (nSPS) is 14.2. The minimum atomic E-state index is -4.99. The third-order valence-electron chi connectivity index (χ3n) is 4.52. The first-order valence-corrected chi connectivity index (χ1v) is 11.2. The van der Waals surface area contributed by atoms with Gasteiger partial charge in [0, 0.05) is 0 Å². The van der Waals surface area contributed by atoms with Crippen molar-refractivity contribution in [2.75, 3.05) is 6.61 Å². The van der Waals surface area contributed by atoms with Gasteiger partial charge in [-0.05, 0) is 12.8 Å². The number of hydrogen-bond acceptors (Lipinski definition) is 6. The van der Waals surface area contributed by atoms with E-state index < -0.39 is 28.6 Å². The lowest BCUT2D eigenvalue weighted by molar-refractivity contribution is -0.160.